The molecule has 0 aliphatic carbocycles. The molecular formula is C11H14N6O. The fourth-order valence-electron chi connectivity index (χ4n) is 1.43. The molecule has 2 rings (SSSR count). The van der Waals surface area contributed by atoms with Crippen LogP contribution in [0.15, 0.2) is 18.5 Å². The molecule has 94 valence electrons. The second-order valence-electron chi connectivity index (χ2n) is 4.47. The molecule has 0 saturated carbocycles. The average molecular weight is 246 g/mol. The molecule has 1 amide bonds. The summed E-state index contributed by atoms with van der Waals surface area (Å²) in [5, 5.41) is 17.0. The number of aryl methyl sites for hydroxylation is 1. The number of nitrogens with one attached hydrogen (secondary N) is 2. The minimum absolute atomic E-state index is 0.271. The van der Waals surface area contributed by atoms with Gasteiger partial charge in [-0.3, -0.25) is 9.89 Å². The zero-order chi connectivity index (χ0) is 13.2. The van der Waals surface area contributed by atoms with Crippen LogP contribution in [-0.4, -0.2) is 31.3 Å². The lowest BCUT2D eigenvalue weighted by molar-refractivity contribution is 0.0902. The predicted molar refractivity (Wildman–Crippen MR) is 63.6 cm³/mol. The molecule has 0 unspecified atom stereocenters. The number of amides is 1. The molecule has 7 heteroatoms. The molecule has 0 saturated heterocycles. The Hall–Kier alpha value is -2.31. The molecule has 2 aromatic heterocycles. The zero-order valence-electron chi connectivity index (χ0n) is 10.4. The summed E-state index contributed by atoms with van der Waals surface area (Å²) in [6.07, 6.45) is 1.40. The highest BCUT2D eigenvalue weighted by Crippen LogP contribution is 2.14. The van der Waals surface area contributed by atoms with Gasteiger partial charge in [0.25, 0.3) is 5.91 Å². The fraction of sp³-hybridized carbons (Fsp3) is 0.364. The molecule has 18 heavy (non-hydrogen) atoms. The van der Waals surface area contributed by atoms with Gasteiger partial charge in [0, 0.05) is 0 Å². The molecule has 0 spiro atoms. The average Bonchev–Trinajstić information content (AvgIpc) is 2.83. The third kappa shape index (κ3) is 2.50. The van der Waals surface area contributed by atoms with Crippen molar-refractivity contribution in [2.75, 3.05) is 0 Å². The Morgan fingerprint density at radius 1 is 1.33 bits per heavy atom. The van der Waals surface area contributed by atoms with E-state index in [0.29, 0.717) is 5.82 Å². The summed E-state index contributed by atoms with van der Waals surface area (Å²) in [5.74, 6) is 0.278. The van der Waals surface area contributed by atoms with Gasteiger partial charge in [0.15, 0.2) is 5.69 Å². The smallest absolute Gasteiger partial charge is 0.272 e. The van der Waals surface area contributed by atoms with Crippen molar-refractivity contribution in [3.05, 3.63) is 35.7 Å². The molecule has 0 bridgehead atoms. The van der Waals surface area contributed by atoms with Crippen LogP contribution in [0.3, 0.4) is 0 Å². The van der Waals surface area contributed by atoms with Gasteiger partial charge in [-0.25, -0.2) is 4.98 Å². The quantitative estimate of drug-likeness (QED) is 0.825. The number of carbonyl (C=O) groups excluding carboxylic acids is 1. The van der Waals surface area contributed by atoms with Crippen molar-refractivity contribution >= 4 is 5.91 Å². The van der Waals surface area contributed by atoms with Crippen LogP contribution in [0.25, 0.3) is 0 Å². The van der Waals surface area contributed by atoms with Crippen LogP contribution in [0.1, 0.15) is 35.9 Å². The zero-order valence-corrected chi connectivity index (χ0v) is 10.4. The minimum atomic E-state index is -0.653. The van der Waals surface area contributed by atoms with E-state index in [2.05, 4.69) is 30.7 Å². The maximum atomic E-state index is 12.0. The molecular weight excluding hydrogens is 232 g/mol. The molecule has 0 radical (unpaired) electrons. The van der Waals surface area contributed by atoms with Crippen LogP contribution < -0.4 is 5.32 Å². The first-order valence-corrected chi connectivity index (χ1v) is 5.48. The number of H-pyrrole nitrogens is 1. The summed E-state index contributed by atoms with van der Waals surface area (Å²) in [7, 11) is 0. The lowest BCUT2D eigenvalue weighted by Gasteiger charge is -2.22. The van der Waals surface area contributed by atoms with Gasteiger partial charge in [0.1, 0.15) is 12.2 Å². The Morgan fingerprint density at radius 3 is 2.67 bits per heavy atom. The van der Waals surface area contributed by atoms with Crippen molar-refractivity contribution in [3.8, 4) is 0 Å². The standard InChI is InChI=1S/C11H14N6O/c1-7-4-5-8(16-15-7)9(18)14-11(2,3)10-12-6-13-17-10/h4-6H,1-3H3,(H,14,18)(H,12,13,17). The summed E-state index contributed by atoms with van der Waals surface area (Å²) in [4.78, 5) is 16.0. The van der Waals surface area contributed by atoms with Crippen molar-refractivity contribution in [2.45, 2.75) is 26.3 Å². The molecule has 0 aliphatic heterocycles. The van der Waals surface area contributed by atoms with Gasteiger partial charge in [0.2, 0.25) is 0 Å². The fourth-order valence-corrected chi connectivity index (χ4v) is 1.43. The maximum absolute atomic E-state index is 12.0. The first-order valence-electron chi connectivity index (χ1n) is 5.48. The summed E-state index contributed by atoms with van der Waals surface area (Å²) in [5.41, 5.74) is 0.384. The van der Waals surface area contributed by atoms with E-state index in [4.69, 9.17) is 0 Å². The lowest BCUT2D eigenvalue weighted by atomic mass is 10.0. The largest absolute Gasteiger partial charge is 0.338 e. The molecule has 2 heterocycles. The summed E-state index contributed by atoms with van der Waals surface area (Å²) < 4.78 is 0. The highest BCUT2D eigenvalue weighted by atomic mass is 16.2. The Morgan fingerprint density at radius 2 is 2.11 bits per heavy atom. The number of rotatable bonds is 3. The first kappa shape index (κ1) is 12.2. The maximum Gasteiger partial charge on any atom is 0.272 e. The van der Waals surface area contributed by atoms with Crippen LogP contribution in [0.5, 0.6) is 0 Å². The van der Waals surface area contributed by atoms with Crippen LogP contribution >= 0.6 is 0 Å². The number of hydrogen-bond acceptors (Lipinski definition) is 5. The lowest BCUT2D eigenvalue weighted by Crippen LogP contribution is -2.42. The first-order chi connectivity index (χ1) is 8.49. The number of aromatic amines is 1. The summed E-state index contributed by atoms with van der Waals surface area (Å²) >= 11 is 0. The van der Waals surface area contributed by atoms with Gasteiger partial charge in [0.05, 0.1) is 11.2 Å². The van der Waals surface area contributed by atoms with E-state index in [1.165, 1.54) is 6.33 Å². The third-order valence-corrected chi connectivity index (χ3v) is 2.46. The molecule has 2 N–H and O–H groups in total. The molecule has 2 aromatic rings. The molecule has 7 nitrogen and oxygen atoms in total. The second kappa shape index (κ2) is 4.52. The van der Waals surface area contributed by atoms with E-state index in [9.17, 15) is 4.79 Å². The van der Waals surface area contributed by atoms with Crippen molar-refractivity contribution in [1.29, 1.82) is 0 Å². The topological polar surface area (TPSA) is 96.5 Å². The van der Waals surface area contributed by atoms with Crippen LogP contribution in [0.4, 0.5) is 0 Å². The number of aromatic nitrogens is 5. The van der Waals surface area contributed by atoms with E-state index >= 15 is 0 Å². The van der Waals surface area contributed by atoms with Crippen molar-refractivity contribution in [3.63, 3.8) is 0 Å². The molecule has 0 fully saturated rings. The van der Waals surface area contributed by atoms with Crippen LogP contribution in [0.2, 0.25) is 0 Å². The van der Waals surface area contributed by atoms with Gasteiger partial charge in [-0.2, -0.15) is 10.2 Å². The van der Waals surface area contributed by atoms with E-state index in [1.807, 2.05) is 20.8 Å². The minimum Gasteiger partial charge on any atom is -0.338 e. The highest BCUT2D eigenvalue weighted by Gasteiger charge is 2.26. The van der Waals surface area contributed by atoms with E-state index < -0.39 is 5.54 Å². The number of hydrogen-bond donors (Lipinski definition) is 2. The Kier molecular flexibility index (Phi) is 3.05. The van der Waals surface area contributed by atoms with E-state index in [-0.39, 0.29) is 11.6 Å². The predicted octanol–water partition coefficient (Wildman–Crippen LogP) is 0.568. The monoisotopic (exact) mass is 246 g/mol. The summed E-state index contributed by atoms with van der Waals surface area (Å²) in [6.45, 7) is 5.47. The van der Waals surface area contributed by atoms with Crippen LogP contribution in [-0.2, 0) is 5.54 Å². The Bertz CT molecular complexity index is 531. The molecule has 0 aliphatic rings. The van der Waals surface area contributed by atoms with E-state index in [1.54, 1.807) is 12.1 Å². The van der Waals surface area contributed by atoms with Gasteiger partial charge in [-0.15, -0.1) is 5.10 Å². The van der Waals surface area contributed by atoms with Gasteiger partial charge in [-0.1, -0.05) is 0 Å². The SMILES string of the molecule is Cc1ccc(C(=O)NC(C)(C)c2ncn[nH]2)nn1. The molecule has 0 aromatic carbocycles. The van der Waals surface area contributed by atoms with Crippen molar-refractivity contribution in [2.24, 2.45) is 0 Å². The van der Waals surface area contributed by atoms with Gasteiger partial charge < -0.3 is 5.32 Å². The molecule has 0 atom stereocenters. The normalized spacial score (nSPS) is 11.3. The van der Waals surface area contributed by atoms with Gasteiger partial charge >= 0.3 is 0 Å². The van der Waals surface area contributed by atoms with Crippen molar-refractivity contribution in [1.82, 2.24) is 30.7 Å². The van der Waals surface area contributed by atoms with Crippen LogP contribution in [0, 0.1) is 6.92 Å². The van der Waals surface area contributed by atoms with E-state index in [0.717, 1.165) is 5.69 Å². The third-order valence-electron chi connectivity index (χ3n) is 2.46. The highest BCUT2D eigenvalue weighted by molar-refractivity contribution is 5.92. The second-order valence-corrected chi connectivity index (χ2v) is 4.47. The Balaban J connectivity index is 2.14. The van der Waals surface area contributed by atoms with Crippen molar-refractivity contribution < 1.29 is 4.79 Å². The Labute approximate surface area is 104 Å². The number of nitrogens with zero attached hydrogens (tertiary/aromatic N) is 4. The number of carbonyl (C=O) groups is 1. The van der Waals surface area contributed by atoms with Gasteiger partial charge in [-0.05, 0) is 32.9 Å². The summed E-state index contributed by atoms with van der Waals surface area (Å²) in [6, 6.07) is 3.37.